The predicted octanol–water partition coefficient (Wildman–Crippen LogP) is 0.249. The Balaban J connectivity index is 2.06. The van der Waals surface area contributed by atoms with E-state index in [0.717, 1.165) is 19.3 Å². The van der Waals surface area contributed by atoms with Crippen molar-refractivity contribution < 1.29 is 14.8 Å². The first-order valence-corrected chi connectivity index (χ1v) is 5.40. The van der Waals surface area contributed by atoms with Crippen molar-refractivity contribution >= 4 is 12.6 Å². The molecule has 0 aliphatic heterocycles. The van der Waals surface area contributed by atoms with E-state index in [-0.39, 0.29) is 6.10 Å². The van der Waals surface area contributed by atoms with E-state index >= 15 is 0 Å². The number of aromatic nitrogens is 1. The van der Waals surface area contributed by atoms with Gasteiger partial charge in [0.05, 0.1) is 6.20 Å². The van der Waals surface area contributed by atoms with Gasteiger partial charge in [-0.3, -0.25) is 4.98 Å². The molecule has 0 bridgehead atoms. The zero-order valence-corrected chi connectivity index (χ0v) is 8.91. The summed E-state index contributed by atoms with van der Waals surface area (Å²) < 4.78 is 5.67. The van der Waals surface area contributed by atoms with Gasteiger partial charge < -0.3 is 14.8 Å². The Hall–Kier alpha value is -1.33. The standard InChI is InChI=1S/C11H14BNO3/c14-12(15)9-6-11(8-13-7-9)16-10-4-2-1-3-5-10/h2,4,6-8,10,14-15H,1,3,5H2. The number of pyridine rings is 1. The van der Waals surface area contributed by atoms with Gasteiger partial charge in [0.15, 0.2) is 0 Å². The number of allylic oxidation sites excluding steroid dienone is 1. The topological polar surface area (TPSA) is 62.6 Å². The second-order valence-corrected chi connectivity index (χ2v) is 3.84. The summed E-state index contributed by atoms with van der Waals surface area (Å²) >= 11 is 0. The highest BCUT2D eigenvalue weighted by Crippen LogP contribution is 2.17. The monoisotopic (exact) mass is 219 g/mol. The van der Waals surface area contributed by atoms with Crippen LogP contribution in [0.1, 0.15) is 19.3 Å². The van der Waals surface area contributed by atoms with Gasteiger partial charge in [0.1, 0.15) is 11.9 Å². The predicted molar refractivity (Wildman–Crippen MR) is 61.5 cm³/mol. The van der Waals surface area contributed by atoms with E-state index in [0.29, 0.717) is 11.2 Å². The van der Waals surface area contributed by atoms with Gasteiger partial charge in [0.2, 0.25) is 0 Å². The van der Waals surface area contributed by atoms with Crippen LogP contribution in [0.25, 0.3) is 0 Å². The Morgan fingerprint density at radius 1 is 1.38 bits per heavy atom. The van der Waals surface area contributed by atoms with Gasteiger partial charge in [-0.1, -0.05) is 6.08 Å². The molecule has 0 fully saturated rings. The minimum Gasteiger partial charge on any atom is -0.485 e. The lowest BCUT2D eigenvalue weighted by Gasteiger charge is -2.18. The van der Waals surface area contributed by atoms with Gasteiger partial charge in [-0.15, -0.1) is 0 Å². The molecule has 2 rings (SSSR count). The van der Waals surface area contributed by atoms with Gasteiger partial charge in [-0.2, -0.15) is 0 Å². The molecule has 5 heteroatoms. The molecule has 1 aromatic rings. The van der Waals surface area contributed by atoms with E-state index in [1.54, 1.807) is 12.3 Å². The van der Waals surface area contributed by atoms with Gasteiger partial charge >= 0.3 is 7.12 Å². The molecule has 1 atom stereocenters. The van der Waals surface area contributed by atoms with Gasteiger partial charge in [0, 0.05) is 11.7 Å². The van der Waals surface area contributed by atoms with Crippen LogP contribution in [0.3, 0.4) is 0 Å². The molecule has 0 saturated carbocycles. The van der Waals surface area contributed by atoms with Crippen molar-refractivity contribution in [3.8, 4) is 5.75 Å². The minimum absolute atomic E-state index is 0.0710. The minimum atomic E-state index is -1.50. The van der Waals surface area contributed by atoms with E-state index in [4.69, 9.17) is 14.8 Å². The van der Waals surface area contributed by atoms with E-state index in [1.165, 1.54) is 6.20 Å². The van der Waals surface area contributed by atoms with Crippen LogP contribution in [0, 0.1) is 0 Å². The van der Waals surface area contributed by atoms with Crippen molar-refractivity contribution in [3.05, 3.63) is 30.6 Å². The molecule has 1 heterocycles. The molecule has 4 nitrogen and oxygen atoms in total. The third-order valence-corrected chi connectivity index (χ3v) is 2.53. The van der Waals surface area contributed by atoms with Crippen LogP contribution in [-0.2, 0) is 0 Å². The van der Waals surface area contributed by atoms with Gasteiger partial charge in [-0.25, -0.2) is 0 Å². The molecule has 1 aliphatic carbocycles. The molecular weight excluding hydrogens is 205 g/mol. The first kappa shape index (κ1) is 11.2. The maximum absolute atomic E-state index is 9.00. The molecule has 0 spiro atoms. The van der Waals surface area contributed by atoms with Gasteiger partial charge in [-0.05, 0) is 31.4 Å². The molecule has 0 saturated heterocycles. The Morgan fingerprint density at radius 2 is 2.25 bits per heavy atom. The number of nitrogens with zero attached hydrogens (tertiary/aromatic N) is 1. The number of hydrogen-bond donors (Lipinski definition) is 2. The number of hydrogen-bond acceptors (Lipinski definition) is 4. The largest absolute Gasteiger partial charge is 0.490 e. The highest BCUT2D eigenvalue weighted by atomic mass is 16.5. The Bertz CT molecular complexity index is 381. The molecule has 0 aromatic carbocycles. The smallest absolute Gasteiger partial charge is 0.485 e. The van der Waals surface area contributed by atoms with Crippen molar-refractivity contribution in [1.82, 2.24) is 4.98 Å². The van der Waals surface area contributed by atoms with E-state index in [1.807, 2.05) is 6.08 Å². The summed E-state index contributed by atoms with van der Waals surface area (Å²) in [5.74, 6) is 0.571. The zero-order valence-electron chi connectivity index (χ0n) is 8.91. The van der Waals surface area contributed by atoms with Crippen molar-refractivity contribution in [2.45, 2.75) is 25.4 Å². The highest BCUT2D eigenvalue weighted by Gasteiger charge is 2.14. The lowest BCUT2D eigenvalue weighted by atomic mass is 9.82. The van der Waals surface area contributed by atoms with Crippen molar-refractivity contribution in [2.24, 2.45) is 0 Å². The maximum Gasteiger partial charge on any atom is 0.490 e. The summed E-state index contributed by atoms with van der Waals surface area (Å²) in [6, 6.07) is 1.60. The molecule has 2 N–H and O–H groups in total. The molecule has 84 valence electrons. The molecule has 0 radical (unpaired) electrons. The Labute approximate surface area is 94.7 Å². The Kier molecular flexibility index (Phi) is 3.59. The SMILES string of the molecule is OB(O)c1cncc(OC2C=CCCC2)c1. The summed E-state index contributed by atoms with van der Waals surface area (Å²) in [5, 5.41) is 18.0. The second-order valence-electron chi connectivity index (χ2n) is 3.84. The van der Waals surface area contributed by atoms with Crippen molar-refractivity contribution in [2.75, 3.05) is 0 Å². The van der Waals surface area contributed by atoms with Crippen LogP contribution in [0.4, 0.5) is 0 Å². The highest BCUT2D eigenvalue weighted by molar-refractivity contribution is 6.58. The average Bonchev–Trinajstić information content (AvgIpc) is 2.30. The lowest BCUT2D eigenvalue weighted by molar-refractivity contribution is 0.229. The third kappa shape index (κ3) is 2.84. The fraction of sp³-hybridized carbons (Fsp3) is 0.364. The number of rotatable bonds is 3. The summed E-state index contributed by atoms with van der Waals surface area (Å²) in [6.07, 6.45) is 10.4. The summed E-state index contributed by atoms with van der Waals surface area (Å²) in [7, 11) is -1.50. The van der Waals surface area contributed by atoms with Crippen LogP contribution in [0.15, 0.2) is 30.6 Å². The van der Waals surface area contributed by atoms with Gasteiger partial charge in [0.25, 0.3) is 0 Å². The molecule has 1 unspecified atom stereocenters. The summed E-state index contributed by atoms with van der Waals surface area (Å²) in [6.45, 7) is 0. The molecule has 1 aliphatic rings. The Morgan fingerprint density at radius 3 is 2.94 bits per heavy atom. The van der Waals surface area contributed by atoms with E-state index < -0.39 is 7.12 Å². The quantitative estimate of drug-likeness (QED) is 0.565. The van der Waals surface area contributed by atoms with Crippen LogP contribution in [-0.4, -0.2) is 28.3 Å². The van der Waals surface area contributed by atoms with E-state index in [9.17, 15) is 0 Å². The first-order valence-electron chi connectivity index (χ1n) is 5.40. The van der Waals surface area contributed by atoms with Crippen LogP contribution in [0.2, 0.25) is 0 Å². The lowest BCUT2D eigenvalue weighted by Crippen LogP contribution is -2.30. The summed E-state index contributed by atoms with van der Waals surface area (Å²) in [5.41, 5.74) is 0.345. The fourth-order valence-electron chi connectivity index (χ4n) is 1.70. The molecular formula is C11H14BNO3. The normalized spacial score (nSPS) is 19.5. The average molecular weight is 219 g/mol. The zero-order chi connectivity index (χ0) is 11.4. The molecule has 16 heavy (non-hydrogen) atoms. The van der Waals surface area contributed by atoms with Crippen molar-refractivity contribution in [1.29, 1.82) is 0 Å². The van der Waals surface area contributed by atoms with E-state index in [2.05, 4.69) is 11.1 Å². The van der Waals surface area contributed by atoms with Crippen LogP contribution in [0.5, 0.6) is 5.75 Å². The number of ether oxygens (including phenoxy) is 1. The van der Waals surface area contributed by atoms with Crippen LogP contribution >= 0.6 is 0 Å². The fourth-order valence-corrected chi connectivity index (χ4v) is 1.70. The van der Waals surface area contributed by atoms with Crippen molar-refractivity contribution in [3.63, 3.8) is 0 Å². The third-order valence-electron chi connectivity index (χ3n) is 2.53. The maximum atomic E-state index is 9.00. The first-order chi connectivity index (χ1) is 7.75. The molecule has 0 amide bonds. The van der Waals surface area contributed by atoms with Crippen LogP contribution < -0.4 is 10.2 Å². The molecule has 1 aromatic heterocycles. The second kappa shape index (κ2) is 5.14. The summed E-state index contributed by atoms with van der Waals surface area (Å²) in [4.78, 5) is 3.90.